The zero-order chi connectivity index (χ0) is 23.6. The molecule has 2 heterocycles. The molecule has 0 aliphatic heterocycles. The number of nitrogens with one attached hydrogen (secondary N) is 1. The zero-order valence-electron chi connectivity index (χ0n) is 17.1. The van der Waals surface area contributed by atoms with Crippen LogP contribution in [0.3, 0.4) is 0 Å². The van der Waals surface area contributed by atoms with E-state index in [1.54, 1.807) is 0 Å². The number of thiazole rings is 1. The molecule has 1 unspecified atom stereocenters. The van der Waals surface area contributed by atoms with Crippen molar-refractivity contribution in [3.63, 3.8) is 0 Å². The lowest BCUT2D eigenvalue weighted by molar-refractivity contribution is 0.443. The Morgan fingerprint density at radius 3 is 2.48 bits per heavy atom. The highest BCUT2D eigenvalue weighted by atomic mass is 32.2. The van der Waals surface area contributed by atoms with Gasteiger partial charge in [0.25, 0.3) is 10.2 Å². The summed E-state index contributed by atoms with van der Waals surface area (Å²) in [6, 6.07) is 15.4. The highest BCUT2D eigenvalue weighted by Gasteiger charge is 2.36. The first kappa shape index (κ1) is 23.4. The first-order valence-electron chi connectivity index (χ1n) is 9.63. The molecule has 2 aromatic carbocycles. The minimum absolute atomic E-state index is 0.101. The van der Waals surface area contributed by atoms with Gasteiger partial charge in [0.2, 0.25) is 11.8 Å². The van der Waals surface area contributed by atoms with E-state index in [0.29, 0.717) is 5.52 Å². The average Bonchev–Trinajstić information content (AvgIpc) is 3.38. The Balaban J connectivity index is 1.74. The van der Waals surface area contributed by atoms with Crippen molar-refractivity contribution in [2.45, 2.75) is 11.8 Å². The summed E-state index contributed by atoms with van der Waals surface area (Å²) in [7, 11) is -7.84. The number of hydrogen-bond acceptors (Lipinski definition) is 10. The standard InChI is InChI=1S/C19H20N6O5S3/c20-8-9-32(26,27)17(18-25-24-16(30-18)11-22-33(21,28)29)19-23-14-7-6-13(10-15(14)31-19)12-4-2-1-3-5-12/h1-7,10,17,22H,8-9,11,20H2,(H2,21,28,29). The number of nitrogens with zero attached hydrogens (tertiary/aromatic N) is 3. The predicted molar refractivity (Wildman–Crippen MR) is 124 cm³/mol. The molecule has 14 heteroatoms. The van der Waals surface area contributed by atoms with Crippen molar-refractivity contribution in [3.8, 4) is 11.1 Å². The second-order valence-corrected chi connectivity index (χ2v) is 11.7. The summed E-state index contributed by atoms with van der Waals surface area (Å²) in [4.78, 5) is 4.51. The smallest absolute Gasteiger partial charge is 0.274 e. The molecule has 0 amide bonds. The molecule has 4 rings (SSSR count). The number of hydrogen-bond donors (Lipinski definition) is 3. The van der Waals surface area contributed by atoms with Crippen molar-refractivity contribution in [1.29, 1.82) is 0 Å². The first-order chi connectivity index (χ1) is 15.7. The van der Waals surface area contributed by atoms with Crippen LogP contribution in [-0.4, -0.2) is 44.3 Å². The summed E-state index contributed by atoms with van der Waals surface area (Å²) in [6.45, 7) is -0.481. The molecule has 0 bridgehead atoms. The maximum absolute atomic E-state index is 13.1. The fourth-order valence-electron chi connectivity index (χ4n) is 3.17. The van der Waals surface area contributed by atoms with Crippen LogP contribution in [0.5, 0.6) is 0 Å². The lowest BCUT2D eigenvalue weighted by atomic mass is 10.1. The van der Waals surface area contributed by atoms with Gasteiger partial charge in [-0.15, -0.1) is 21.5 Å². The molecule has 0 saturated carbocycles. The molecular formula is C19H20N6O5S3. The Morgan fingerprint density at radius 1 is 1.03 bits per heavy atom. The van der Waals surface area contributed by atoms with Crippen LogP contribution >= 0.6 is 11.3 Å². The largest absolute Gasteiger partial charge is 0.422 e. The third kappa shape index (κ3) is 5.43. The van der Waals surface area contributed by atoms with E-state index in [2.05, 4.69) is 15.2 Å². The Hall–Kier alpha value is -2.75. The van der Waals surface area contributed by atoms with E-state index in [0.717, 1.165) is 15.8 Å². The normalized spacial score (nSPS) is 13.4. The molecule has 0 fully saturated rings. The van der Waals surface area contributed by atoms with Gasteiger partial charge in [-0.25, -0.2) is 18.5 Å². The van der Waals surface area contributed by atoms with Gasteiger partial charge in [0.1, 0.15) is 5.01 Å². The molecule has 5 N–H and O–H groups in total. The second-order valence-electron chi connectivity index (χ2n) is 7.04. The zero-order valence-corrected chi connectivity index (χ0v) is 19.5. The van der Waals surface area contributed by atoms with Gasteiger partial charge in [0.15, 0.2) is 15.1 Å². The maximum Gasteiger partial charge on any atom is 0.274 e. The van der Waals surface area contributed by atoms with Crippen molar-refractivity contribution < 1.29 is 21.3 Å². The van der Waals surface area contributed by atoms with Crippen molar-refractivity contribution >= 4 is 41.6 Å². The van der Waals surface area contributed by atoms with Gasteiger partial charge in [0, 0.05) is 6.54 Å². The fraction of sp³-hybridized carbons (Fsp3) is 0.211. The van der Waals surface area contributed by atoms with Crippen LogP contribution in [0.1, 0.15) is 22.0 Å². The maximum atomic E-state index is 13.1. The van der Waals surface area contributed by atoms with E-state index in [1.165, 1.54) is 11.3 Å². The van der Waals surface area contributed by atoms with Crippen molar-refractivity contribution in [2.24, 2.45) is 10.9 Å². The number of fused-ring (bicyclic) bond motifs is 1. The van der Waals surface area contributed by atoms with Crippen LogP contribution in [-0.2, 0) is 26.6 Å². The third-order valence-corrected chi connectivity index (χ3v) is 8.36. The predicted octanol–water partition coefficient (Wildman–Crippen LogP) is 1.10. The summed E-state index contributed by atoms with van der Waals surface area (Å²) >= 11 is 1.20. The lowest BCUT2D eigenvalue weighted by Gasteiger charge is -2.10. The van der Waals surface area contributed by atoms with E-state index >= 15 is 0 Å². The number of nitrogens with two attached hydrogens (primary N) is 2. The molecule has 11 nitrogen and oxygen atoms in total. The van der Waals surface area contributed by atoms with Gasteiger partial charge in [-0.2, -0.15) is 13.1 Å². The van der Waals surface area contributed by atoms with E-state index in [-0.39, 0.29) is 35.6 Å². The highest BCUT2D eigenvalue weighted by molar-refractivity contribution is 7.92. The molecule has 4 aromatic rings. The minimum Gasteiger partial charge on any atom is -0.422 e. The summed E-state index contributed by atoms with van der Waals surface area (Å²) < 4.78 is 56.6. The van der Waals surface area contributed by atoms with Crippen molar-refractivity contribution in [3.05, 3.63) is 65.3 Å². The Bertz CT molecular complexity index is 1480. The van der Waals surface area contributed by atoms with E-state index < -0.39 is 25.3 Å². The number of sulfone groups is 1. The van der Waals surface area contributed by atoms with Crippen molar-refractivity contribution in [2.75, 3.05) is 12.3 Å². The van der Waals surface area contributed by atoms with Gasteiger partial charge in [0.05, 0.1) is 22.5 Å². The molecule has 0 aliphatic rings. The van der Waals surface area contributed by atoms with E-state index in [9.17, 15) is 16.8 Å². The summed E-state index contributed by atoms with van der Waals surface area (Å²) in [5.74, 6) is -0.688. The number of rotatable bonds is 9. The number of aromatic nitrogens is 3. The summed E-state index contributed by atoms with van der Waals surface area (Å²) in [5.41, 5.74) is 8.12. The van der Waals surface area contributed by atoms with Gasteiger partial charge in [-0.1, -0.05) is 36.4 Å². The van der Waals surface area contributed by atoms with Crippen LogP contribution in [0.15, 0.2) is 52.9 Å². The second kappa shape index (κ2) is 9.24. The van der Waals surface area contributed by atoms with Crippen LogP contribution in [0.4, 0.5) is 0 Å². The Kier molecular flexibility index (Phi) is 6.56. The third-order valence-electron chi connectivity index (χ3n) is 4.63. The van der Waals surface area contributed by atoms with Gasteiger partial charge in [-0.05, 0) is 23.3 Å². The van der Waals surface area contributed by atoms with Gasteiger partial charge in [-0.3, -0.25) is 0 Å². The Labute approximate surface area is 194 Å². The minimum atomic E-state index is -3.99. The molecule has 33 heavy (non-hydrogen) atoms. The summed E-state index contributed by atoms with van der Waals surface area (Å²) in [5, 5.41) is 11.4. The molecule has 0 spiro atoms. The molecular weight excluding hydrogens is 488 g/mol. The molecule has 174 valence electrons. The monoisotopic (exact) mass is 508 g/mol. The SMILES string of the molecule is NCCS(=O)(=O)C(c1nnc(CNS(N)(=O)=O)o1)c1nc2ccc(-c3ccccc3)cc2s1. The first-order valence-corrected chi connectivity index (χ1v) is 13.7. The topological polar surface area (TPSA) is 184 Å². The number of benzene rings is 2. The Morgan fingerprint density at radius 2 is 1.79 bits per heavy atom. The van der Waals surface area contributed by atoms with Gasteiger partial charge < -0.3 is 10.2 Å². The van der Waals surface area contributed by atoms with Crippen LogP contribution < -0.4 is 15.6 Å². The quantitative estimate of drug-likeness (QED) is 0.298. The molecule has 0 saturated heterocycles. The average molecular weight is 509 g/mol. The van der Waals surface area contributed by atoms with Crippen molar-refractivity contribution in [1.82, 2.24) is 19.9 Å². The molecule has 0 aliphatic carbocycles. The molecule has 2 aromatic heterocycles. The van der Waals surface area contributed by atoms with E-state index in [4.69, 9.17) is 15.3 Å². The fourth-order valence-corrected chi connectivity index (χ4v) is 6.38. The van der Waals surface area contributed by atoms with Crippen LogP contribution in [0.25, 0.3) is 21.3 Å². The van der Waals surface area contributed by atoms with Gasteiger partial charge >= 0.3 is 0 Å². The van der Waals surface area contributed by atoms with Crippen LogP contribution in [0.2, 0.25) is 0 Å². The summed E-state index contributed by atoms with van der Waals surface area (Å²) in [6.07, 6.45) is 0. The van der Waals surface area contributed by atoms with E-state index in [1.807, 2.05) is 53.3 Å². The molecule has 1 atom stereocenters. The highest BCUT2D eigenvalue weighted by Crippen LogP contribution is 2.37. The van der Waals surface area contributed by atoms with Crippen LogP contribution in [0, 0.1) is 0 Å². The molecule has 0 radical (unpaired) electrons. The lowest BCUT2D eigenvalue weighted by Crippen LogP contribution is -2.30.